The molecule has 1 unspecified atom stereocenters. The predicted molar refractivity (Wildman–Crippen MR) is 93.4 cm³/mol. The van der Waals surface area contributed by atoms with E-state index >= 15 is 0 Å². The first-order chi connectivity index (χ1) is 10.9. The van der Waals surface area contributed by atoms with Crippen LogP contribution in [0.15, 0.2) is 41.3 Å². The van der Waals surface area contributed by atoms with Gasteiger partial charge in [-0.1, -0.05) is 30.3 Å². The molecule has 2 aromatic rings. The van der Waals surface area contributed by atoms with Crippen LogP contribution in [0.5, 0.6) is 0 Å². The van der Waals surface area contributed by atoms with Gasteiger partial charge in [-0.3, -0.25) is 4.79 Å². The van der Waals surface area contributed by atoms with Crippen molar-refractivity contribution in [2.24, 2.45) is 0 Å². The zero-order chi connectivity index (χ0) is 17.0. The van der Waals surface area contributed by atoms with Gasteiger partial charge in [-0.2, -0.15) is 16.5 Å². The smallest absolute Gasteiger partial charge is 0.321 e. The summed E-state index contributed by atoms with van der Waals surface area (Å²) in [6.07, 6.45) is 2.08. The van der Waals surface area contributed by atoms with Crippen LogP contribution in [0.25, 0.3) is 10.8 Å². The van der Waals surface area contributed by atoms with Crippen LogP contribution >= 0.6 is 11.8 Å². The molecule has 0 aliphatic rings. The fourth-order valence-electron chi connectivity index (χ4n) is 2.38. The van der Waals surface area contributed by atoms with Crippen LogP contribution in [0.2, 0.25) is 0 Å². The number of aliphatic carboxylic acids is 1. The summed E-state index contributed by atoms with van der Waals surface area (Å²) in [5, 5.41) is 10.7. The van der Waals surface area contributed by atoms with Gasteiger partial charge >= 0.3 is 5.97 Å². The van der Waals surface area contributed by atoms with E-state index in [4.69, 9.17) is 0 Å². The maximum absolute atomic E-state index is 12.7. The minimum absolute atomic E-state index is 0.106. The number of rotatable bonds is 7. The van der Waals surface area contributed by atoms with Crippen LogP contribution in [0, 0.1) is 6.92 Å². The summed E-state index contributed by atoms with van der Waals surface area (Å²) >= 11 is 1.48. The quantitative estimate of drug-likeness (QED) is 0.799. The molecule has 0 saturated heterocycles. The van der Waals surface area contributed by atoms with Crippen LogP contribution < -0.4 is 4.72 Å². The number of carbonyl (C=O) groups is 1. The lowest BCUT2D eigenvalue weighted by Crippen LogP contribution is -2.41. The zero-order valence-electron chi connectivity index (χ0n) is 12.9. The number of thioether (sulfide) groups is 1. The number of carboxylic acid groups (broad SMARTS) is 1. The molecule has 2 N–H and O–H groups in total. The minimum atomic E-state index is -3.92. The second kappa shape index (κ2) is 7.33. The lowest BCUT2D eigenvalue weighted by Gasteiger charge is -2.16. The molecule has 0 bridgehead atoms. The summed E-state index contributed by atoms with van der Waals surface area (Å²) in [4.78, 5) is 11.4. The zero-order valence-corrected chi connectivity index (χ0v) is 14.6. The number of hydrogen-bond acceptors (Lipinski definition) is 4. The first-order valence-corrected chi connectivity index (χ1v) is 9.97. The third kappa shape index (κ3) is 4.04. The first kappa shape index (κ1) is 17.8. The molecular formula is C16H19NO4S2. The van der Waals surface area contributed by atoms with Crippen LogP contribution in [0.1, 0.15) is 12.0 Å². The average molecular weight is 353 g/mol. The molecule has 23 heavy (non-hydrogen) atoms. The predicted octanol–water partition coefficient (Wildman–Crippen LogP) is 2.63. The maximum atomic E-state index is 12.7. The number of sulfonamides is 1. The summed E-state index contributed by atoms with van der Waals surface area (Å²) in [7, 11) is -3.92. The number of benzene rings is 2. The topological polar surface area (TPSA) is 83.5 Å². The van der Waals surface area contributed by atoms with Gasteiger partial charge in [-0.15, -0.1) is 0 Å². The van der Waals surface area contributed by atoms with Gasteiger partial charge in [-0.05, 0) is 42.4 Å². The fraction of sp³-hybridized carbons (Fsp3) is 0.312. The van der Waals surface area contributed by atoms with Crippen molar-refractivity contribution in [2.45, 2.75) is 24.3 Å². The van der Waals surface area contributed by atoms with E-state index in [2.05, 4.69) is 4.72 Å². The molecule has 0 spiro atoms. The summed E-state index contributed by atoms with van der Waals surface area (Å²) < 4.78 is 27.6. The van der Waals surface area contributed by atoms with E-state index in [0.717, 1.165) is 10.9 Å². The monoisotopic (exact) mass is 353 g/mol. The van der Waals surface area contributed by atoms with Gasteiger partial charge < -0.3 is 5.11 Å². The molecule has 2 rings (SSSR count). The van der Waals surface area contributed by atoms with Crippen molar-refractivity contribution in [1.82, 2.24) is 4.72 Å². The van der Waals surface area contributed by atoms with Gasteiger partial charge in [0.1, 0.15) is 6.04 Å². The summed E-state index contributed by atoms with van der Waals surface area (Å²) in [5.41, 5.74) is 0.969. The van der Waals surface area contributed by atoms with E-state index in [-0.39, 0.29) is 11.3 Å². The number of aryl methyl sites for hydroxylation is 1. The molecule has 0 aliphatic heterocycles. The molecule has 0 heterocycles. The summed E-state index contributed by atoms with van der Waals surface area (Å²) in [5.74, 6) is -0.604. The molecule has 124 valence electrons. The van der Waals surface area contributed by atoms with Gasteiger partial charge in [-0.25, -0.2) is 8.42 Å². The Hall–Kier alpha value is -1.57. The molecule has 0 saturated carbocycles. The number of hydrogen-bond donors (Lipinski definition) is 2. The molecular weight excluding hydrogens is 334 g/mol. The standard InChI is InChI=1S/C16H19NO4S2/c1-11-7-8-15(13-6-4-3-5-12(11)13)23(20,21)17-14(16(18)19)9-10-22-2/h3-8,14,17H,9-10H2,1-2H3,(H,18,19). The van der Waals surface area contributed by atoms with E-state index in [1.165, 1.54) is 17.8 Å². The second-order valence-electron chi connectivity index (χ2n) is 5.22. The highest BCUT2D eigenvalue weighted by Gasteiger charge is 2.26. The van der Waals surface area contributed by atoms with Gasteiger partial charge in [0.05, 0.1) is 4.90 Å². The molecule has 2 aromatic carbocycles. The van der Waals surface area contributed by atoms with E-state index in [1.54, 1.807) is 18.2 Å². The number of carboxylic acids is 1. The molecule has 0 radical (unpaired) electrons. The van der Waals surface area contributed by atoms with Crippen molar-refractivity contribution in [3.05, 3.63) is 42.0 Å². The highest BCUT2D eigenvalue weighted by atomic mass is 32.2. The van der Waals surface area contributed by atoms with Crippen LogP contribution in [-0.2, 0) is 14.8 Å². The molecule has 7 heteroatoms. The van der Waals surface area contributed by atoms with Crippen molar-refractivity contribution in [3.63, 3.8) is 0 Å². The molecule has 0 aliphatic carbocycles. The van der Waals surface area contributed by atoms with Crippen LogP contribution in [0.3, 0.4) is 0 Å². The third-order valence-corrected chi connectivity index (χ3v) is 5.77. The van der Waals surface area contributed by atoms with Crippen LogP contribution in [0.4, 0.5) is 0 Å². The molecule has 0 aromatic heterocycles. The first-order valence-electron chi connectivity index (χ1n) is 7.09. The van der Waals surface area contributed by atoms with Crippen LogP contribution in [-0.4, -0.2) is 37.5 Å². The minimum Gasteiger partial charge on any atom is -0.480 e. The Bertz CT molecular complexity index is 818. The average Bonchev–Trinajstić information content (AvgIpc) is 2.51. The maximum Gasteiger partial charge on any atom is 0.321 e. The second-order valence-corrected chi connectivity index (χ2v) is 7.89. The van der Waals surface area contributed by atoms with Crippen molar-refractivity contribution in [1.29, 1.82) is 0 Å². The van der Waals surface area contributed by atoms with Gasteiger partial charge in [0.15, 0.2) is 0 Å². The highest BCUT2D eigenvalue weighted by Crippen LogP contribution is 2.26. The van der Waals surface area contributed by atoms with E-state index < -0.39 is 22.0 Å². The Kier molecular flexibility index (Phi) is 5.67. The SMILES string of the molecule is CSCCC(NS(=O)(=O)c1ccc(C)c2ccccc12)C(=O)O. The Morgan fingerprint density at radius 3 is 2.48 bits per heavy atom. The summed E-state index contributed by atoms with van der Waals surface area (Å²) in [6, 6.07) is 9.32. The van der Waals surface area contributed by atoms with E-state index in [1.807, 2.05) is 25.3 Å². The van der Waals surface area contributed by atoms with Gasteiger partial charge in [0, 0.05) is 5.39 Å². The fourth-order valence-corrected chi connectivity index (χ4v) is 4.28. The molecule has 0 amide bonds. The number of fused-ring (bicyclic) bond motifs is 1. The third-order valence-electron chi connectivity index (χ3n) is 3.60. The van der Waals surface area contributed by atoms with Crippen molar-refractivity contribution in [2.75, 3.05) is 12.0 Å². The lowest BCUT2D eigenvalue weighted by atomic mass is 10.1. The van der Waals surface area contributed by atoms with E-state index in [0.29, 0.717) is 11.1 Å². The Labute approximate surface area is 140 Å². The van der Waals surface area contributed by atoms with E-state index in [9.17, 15) is 18.3 Å². The van der Waals surface area contributed by atoms with Gasteiger partial charge in [0.2, 0.25) is 10.0 Å². The van der Waals surface area contributed by atoms with Gasteiger partial charge in [0.25, 0.3) is 0 Å². The molecule has 1 atom stereocenters. The number of nitrogens with one attached hydrogen (secondary N) is 1. The van der Waals surface area contributed by atoms with Crippen molar-refractivity contribution in [3.8, 4) is 0 Å². The van der Waals surface area contributed by atoms with Crippen molar-refractivity contribution < 1.29 is 18.3 Å². The van der Waals surface area contributed by atoms with Crippen molar-refractivity contribution >= 4 is 38.5 Å². The largest absolute Gasteiger partial charge is 0.480 e. The Morgan fingerprint density at radius 2 is 1.87 bits per heavy atom. The Balaban J connectivity index is 2.44. The molecule has 0 fully saturated rings. The molecule has 5 nitrogen and oxygen atoms in total. The normalized spacial score (nSPS) is 13.1. The lowest BCUT2D eigenvalue weighted by molar-refractivity contribution is -0.139. The highest BCUT2D eigenvalue weighted by molar-refractivity contribution is 7.98. The summed E-state index contributed by atoms with van der Waals surface area (Å²) in [6.45, 7) is 1.91. The Morgan fingerprint density at radius 1 is 1.22 bits per heavy atom.